The van der Waals surface area contributed by atoms with Crippen LogP contribution in [0.4, 0.5) is 14.5 Å². The number of para-hydroxylation sites is 1. The summed E-state index contributed by atoms with van der Waals surface area (Å²) in [5.41, 5.74) is 0.0340. The van der Waals surface area contributed by atoms with E-state index in [0.29, 0.717) is 0 Å². The van der Waals surface area contributed by atoms with E-state index in [4.69, 9.17) is 0 Å². The molecular formula is C11H13F2NO4S. The van der Waals surface area contributed by atoms with Gasteiger partial charge in [-0.2, -0.15) is 8.78 Å². The molecule has 0 atom stereocenters. The molecular weight excluding hydrogens is 280 g/mol. The molecule has 0 radical (unpaired) electrons. The number of hydrogen-bond donors (Lipinski definition) is 1. The number of nitrogens with one attached hydrogen (secondary N) is 1. The van der Waals surface area contributed by atoms with Gasteiger partial charge in [-0.05, 0) is 12.1 Å². The van der Waals surface area contributed by atoms with Gasteiger partial charge in [0, 0.05) is 6.54 Å². The van der Waals surface area contributed by atoms with Gasteiger partial charge < -0.3 is 10.1 Å². The van der Waals surface area contributed by atoms with E-state index < -0.39 is 26.5 Å². The third-order valence-corrected chi connectivity index (χ3v) is 3.74. The Balaban J connectivity index is 2.89. The highest BCUT2D eigenvalue weighted by Crippen LogP contribution is 2.25. The minimum atomic E-state index is -4.68. The number of carbonyl (C=O) groups is 1. The van der Waals surface area contributed by atoms with E-state index in [1.807, 2.05) is 0 Å². The molecule has 0 fully saturated rings. The van der Waals surface area contributed by atoms with E-state index in [9.17, 15) is 22.0 Å². The molecule has 106 valence electrons. The normalized spacial score (nSPS) is 11.4. The number of esters is 1. The first-order valence-electron chi connectivity index (χ1n) is 5.31. The van der Waals surface area contributed by atoms with Crippen LogP contribution in [-0.4, -0.2) is 33.8 Å². The number of anilines is 1. The Morgan fingerprint density at radius 3 is 2.58 bits per heavy atom. The Kier molecular flexibility index (Phi) is 5.22. The van der Waals surface area contributed by atoms with E-state index in [1.165, 1.54) is 25.3 Å². The molecule has 1 rings (SSSR count). The van der Waals surface area contributed by atoms with Gasteiger partial charge in [-0.1, -0.05) is 12.1 Å². The minimum Gasteiger partial charge on any atom is -0.469 e. The maximum atomic E-state index is 12.5. The molecule has 0 aliphatic rings. The van der Waals surface area contributed by atoms with Crippen molar-refractivity contribution >= 4 is 21.5 Å². The Labute approximate surface area is 109 Å². The highest BCUT2D eigenvalue weighted by molar-refractivity contribution is 7.91. The zero-order chi connectivity index (χ0) is 14.5. The summed E-state index contributed by atoms with van der Waals surface area (Å²) in [5, 5.41) is 2.63. The Morgan fingerprint density at radius 2 is 2.00 bits per heavy atom. The fraction of sp³-hybridized carbons (Fsp3) is 0.364. The summed E-state index contributed by atoms with van der Waals surface area (Å²) < 4.78 is 52.2. The molecule has 0 saturated heterocycles. The average Bonchev–Trinajstić information content (AvgIpc) is 2.38. The highest BCUT2D eigenvalue weighted by Gasteiger charge is 2.28. The van der Waals surface area contributed by atoms with Crippen LogP contribution in [0, 0.1) is 0 Å². The van der Waals surface area contributed by atoms with Crippen LogP contribution in [0.15, 0.2) is 29.2 Å². The predicted molar refractivity (Wildman–Crippen MR) is 64.8 cm³/mol. The van der Waals surface area contributed by atoms with E-state index >= 15 is 0 Å². The molecule has 0 amide bonds. The second kappa shape index (κ2) is 6.46. The fourth-order valence-electron chi connectivity index (χ4n) is 1.36. The number of ether oxygens (including phenoxy) is 1. The van der Waals surface area contributed by atoms with Crippen molar-refractivity contribution in [3.05, 3.63) is 24.3 Å². The van der Waals surface area contributed by atoms with Gasteiger partial charge in [0.05, 0.1) is 24.1 Å². The van der Waals surface area contributed by atoms with Gasteiger partial charge in [0.25, 0.3) is 0 Å². The van der Waals surface area contributed by atoms with Gasteiger partial charge in [0.15, 0.2) is 0 Å². The second-order valence-corrected chi connectivity index (χ2v) is 5.44. The number of benzene rings is 1. The molecule has 0 heterocycles. The largest absolute Gasteiger partial charge is 0.469 e. The minimum absolute atomic E-state index is 0.000436. The van der Waals surface area contributed by atoms with E-state index in [0.717, 1.165) is 6.07 Å². The quantitative estimate of drug-likeness (QED) is 0.808. The zero-order valence-corrected chi connectivity index (χ0v) is 10.9. The maximum absolute atomic E-state index is 12.5. The number of alkyl halides is 2. The number of halogens is 2. The molecule has 1 aromatic carbocycles. The number of sulfone groups is 1. The van der Waals surface area contributed by atoms with Crippen LogP contribution >= 0.6 is 0 Å². The molecule has 0 aliphatic carbocycles. The van der Waals surface area contributed by atoms with E-state index in [-0.39, 0.29) is 18.7 Å². The zero-order valence-electron chi connectivity index (χ0n) is 10.1. The lowest BCUT2D eigenvalue weighted by Gasteiger charge is -2.11. The van der Waals surface area contributed by atoms with Crippen LogP contribution in [0.1, 0.15) is 6.42 Å². The third-order valence-electron chi connectivity index (χ3n) is 2.30. The van der Waals surface area contributed by atoms with Crippen LogP contribution in [-0.2, 0) is 19.4 Å². The SMILES string of the molecule is COC(=O)CCNc1ccccc1S(=O)(=O)C(F)F. The molecule has 19 heavy (non-hydrogen) atoms. The molecule has 0 bridgehead atoms. The number of rotatable bonds is 6. The second-order valence-electron chi connectivity index (χ2n) is 3.55. The molecule has 8 heteroatoms. The van der Waals surface area contributed by atoms with Gasteiger partial charge in [-0.25, -0.2) is 8.42 Å². The third kappa shape index (κ3) is 3.88. The maximum Gasteiger partial charge on any atom is 0.341 e. The van der Waals surface area contributed by atoms with E-state index in [2.05, 4.69) is 10.1 Å². The monoisotopic (exact) mass is 293 g/mol. The van der Waals surface area contributed by atoms with Crippen LogP contribution < -0.4 is 5.32 Å². The van der Waals surface area contributed by atoms with Gasteiger partial charge in [0.1, 0.15) is 0 Å². The van der Waals surface area contributed by atoms with Crippen LogP contribution in [0.3, 0.4) is 0 Å². The van der Waals surface area contributed by atoms with Crippen molar-refractivity contribution in [2.45, 2.75) is 17.1 Å². The number of methoxy groups -OCH3 is 1. The summed E-state index contributed by atoms with van der Waals surface area (Å²) in [6.45, 7) is 0.0858. The van der Waals surface area contributed by atoms with Gasteiger partial charge in [-0.15, -0.1) is 0 Å². The first-order valence-corrected chi connectivity index (χ1v) is 6.86. The molecule has 0 unspecified atom stereocenters. The summed E-state index contributed by atoms with van der Waals surface area (Å²) in [5.74, 6) is -3.97. The van der Waals surface area contributed by atoms with Gasteiger partial charge in [0.2, 0.25) is 9.84 Å². The van der Waals surface area contributed by atoms with Crippen LogP contribution in [0.5, 0.6) is 0 Å². The lowest BCUT2D eigenvalue weighted by atomic mass is 10.3. The van der Waals surface area contributed by atoms with Crippen molar-refractivity contribution in [2.75, 3.05) is 19.0 Å². The van der Waals surface area contributed by atoms with E-state index in [1.54, 1.807) is 0 Å². The van der Waals surface area contributed by atoms with Crippen molar-refractivity contribution < 1.29 is 26.7 Å². The van der Waals surface area contributed by atoms with Gasteiger partial charge in [-0.3, -0.25) is 4.79 Å². The smallest absolute Gasteiger partial charge is 0.341 e. The Hall–Kier alpha value is -1.70. The van der Waals surface area contributed by atoms with Crippen LogP contribution in [0.2, 0.25) is 0 Å². The van der Waals surface area contributed by atoms with Gasteiger partial charge >= 0.3 is 11.7 Å². The lowest BCUT2D eigenvalue weighted by molar-refractivity contribution is -0.140. The first-order chi connectivity index (χ1) is 8.89. The van der Waals surface area contributed by atoms with Crippen molar-refractivity contribution in [3.63, 3.8) is 0 Å². The summed E-state index contributed by atoms with van der Waals surface area (Å²) in [6, 6.07) is 5.29. The molecule has 0 saturated carbocycles. The molecule has 0 spiro atoms. The fourth-order valence-corrected chi connectivity index (χ4v) is 2.26. The summed E-state index contributed by atoms with van der Waals surface area (Å²) in [6.07, 6.45) is -0.000436. The molecule has 1 aromatic rings. The summed E-state index contributed by atoms with van der Waals surface area (Å²) >= 11 is 0. The summed E-state index contributed by atoms with van der Waals surface area (Å²) in [4.78, 5) is 10.4. The molecule has 1 N–H and O–H groups in total. The highest BCUT2D eigenvalue weighted by atomic mass is 32.2. The van der Waals surface area contributed by atoms with Crippen molar-refractivity contribution in [2.24, 2.45) is 0 Å². The topological polar surface area (TPSA) is 72.5 Å². The first kappa shape index (κ1) is 15.4. The lowest BCUT2D eigenvalue weighted by Crippen LogP contribution is -2.16. The van der Waals surface area contributed by atoms with Crippen LogP contribution in [0.25, 0.3) is 0 Å². The average molecular weight is 293 g/mol. The molecule has 5 nitrogen and oxygen atoms in total. The van der Waals surface area contributed by atoms with Crippen molar-refractivity contribution in [3.8, 4) is 0 Å². The number of hydrogen-bond acceptors (Lipinski definition) is 5. The molecule has 0 aliphatic heterocycles. The standard InChI is InChI=1S/C11H13F2NO4S/c1-18-10(15)6-7-14-8-4-2-3-5-9(8)19(16,17)11(12)13/h2-5,11,14H,6-7H2,1H3. The van der Waals surface area contributed by atoms with Crippen molar-refractivity contribution in [1.29, 1.82) is 0 Å². The Bertz CT molecular complexity index is 545. The predicted octanol–water partition coefficient (Wildman–Crippen LogP) is 1.66. The van der Waals surface area contributed by atoms with Crippen molar-refractivity contribution in [1.82, 2.24) is 0 Å². The number of carbonyl (C=O) groups excluding carboxylic acids is 1. The summed E-state index contributed by atoms with van der Waals surface area (Å²) in [7, 11) is -3.46. The Morgan fingerprint density at radius 1 is 1.37 bits per heavy atom. The molecule has 0 aromatic heterocycles.